The first-order valence-corrected chi connectivity index (χ1v) is 5.94. The molecule has 4 nitrogen and oxygen atoms in total. The number of carbonyl (C=O) groups excluding carboxylic acids is 1. The van der Waals surface area contributed by atoms with Crippen LogP contribution in [0.4, 0.5) is 10.1 Å². The zero-order chi connectivity index (χ0) is 13.1. The maximum atomic E-state index is 13.0. The number of benzene rings is 1. The molecule has 1 amide bonds. The molecule has 0 saturated carbocycles. The SMILES string of the molecule is CNC1COCC1C(=O)Nc1ccc(F)cc1C. The van der Waals surface area contributed by atoms with Crippen LogP contribution in [0.1, 0.15) is 5.56 Å². The molecule has 1 heterocycles. The molecule has 1 aromatic rings. The van der Waals surface area contributed by atoms with Crippen LogP contribution in [0.15, 0.2) is 18.2 Å². The van der Waals surface area contributed by atoms with Gasteiger partial charge in [-0.15, -0.1) is 0 Å². The molecule has 2 rings (SSSR count). The minimum Gasteiger partial charge on any atom is -0.379 e. The van der Waals surface area contributed by atoms with E-state index in [1.165, 1.54) is 12.1 Å². The van der Waals surface area contributed by atoms with Crippen molar-refractivity contribution >= 4 is 11.6 Å². The van der Waals surface area contributed by atoms with Gasteiger partial charge in [0.2, 0.25) is 5.91 Å². The van der Waals surface area contributed by atoms with Gasteiger partial charge < -0.3 is 15.4 Å². The summed E-state index contributed by atoms with van der Waals surface area (Å²) in [5.41, 5.74) is 1.35. The third kappa shape index (κ3) is 2.68. The summed E-state index contributed by atoms with van der Waals surface area (Å²) in [4.78, 5) is 12.1. The van der Waals surface area contributed by atoms with Crippen LogP contribution < -0.4 is 10.6 Å². The van der Waals surface area contributed by atoms with Gasteiger partial charge in [-0.2, -0.15) is 0 Å². The van der Waals surface area contributed by atoms with Crippen LogP contribution in [-0.4, -0.2) is 32.2 Å². The molecule has 1 aliphatic rings. The Labute approximate surface area is 106 Å². The van der Waals surface area contributed by atoms with E-state index < -0.39 is 0 Å². The van der Waals surface area contributed by atoms with Crippen LogP contribution in [0.3, 0.4) is 0 Å². The summed E-state index contributed by atoms with van der Waals surface area (Å²) in [6.07, 6.45) is 0. The minimum atomic E-state index is -0.303. The molecule has 1 fully saturated rings. The molecule has 1 aliphatic heterocycles. The molecule has 2 N–H and O–H groups in total. The van der Waals surface area contributed by atoms with Crippen molar-refractivity contribution in [2.45, 2.75) is 13.0 Å². The second-order valence-corrected chi connectivity index (χ2v) is 4.49. The van der Waals surface area contributed by atoms with Crippen LogP contribution in [-0.2, 0) is 9.53 Å². The Morgan fingerprint density at radius 2 is 2.22 bits per heavy atom. The van der Waals surface area contributed by atoms with Crippen molar-refractivity contribution in [3.8, 4) is 0 Å². The van der Waals surface area contributed by atoms with Crippen molar-refractivity contribution in [2.24, 2.45) is 5.92 Å². The number of anilines is 1. The summed E-state index contributed by atoms with van der Waals surface area (Å²) in [5.74, 6) is -0.608. The lowest BCUT2D eigenvalue weighted by Crippen LogP contribution is -2.39. The largest absolute Gasteiger partial charge is 0.379 e. The van der Waals surface area contributed by atoms with Gasteiger partial charge in [0.1, 0.15) is 5.82 Å². The average Bonchev–Trinajstić information content (AvgIpc) is 2.81. The van der Waals surface area contributed by atoms with E-state index in [-0.39, 0.29) is 23.7 Å². The summed E-state index contributed by atoms with van der Waals surface area (Å²) >= 11 is 0. The third-order valence-electron chi connectivity index (χ3n) is 3.23. The average molecular weight is 252 g/mol. The molecule has 2 unspecified atom stereocenters. The number of hydrogen-bond acceptors (Lipinski definition) is 3. The van der Waals surface area contributed by atoms with Gasteiger partial charge in [-0.1, -0.05) is 0 Å². The summed E-state index contributed by atoms with van der Waals surface area (Å²) in [6.45, 7) is 2.72. The summed E-state index contributed by atoms with van der Waals surface area (Å²) in [5, 5.41) is 5.88. The number of rotatable bonds is 3. The lowest BCUT2D eigenvalue weighted by molar-refractivity contribution is -0.120. The maximum Gasteiger partial charge on any atom is 0.231 e. The van der Waals surface area contributed by atoms with Gasteiger partial charge >= 0.3 is 0 Å². The molecule has 18 heavy (non-hydrogen) atoms. The molecule has 1 saturated heterocycles. The number of hydrogen-bond donors (Lipinski definition) is 2. The van der Waals surface area contributed by atoms with Crippen molar-refractivity contribution in [3.63, 3.8) is 0 Å². The Morgan fingerprint density at radius 3 is 2.89 bits per heavy atom. The van der Waals surface area contributed by atoms with E-state index in [0.717, 1.165) is 0 Å². The summed E-state index contributed by atoms with van der Waals surface area (Å²) in [7, 11) is 1.81. The van der Waals surface area contributed by atoms with E-state index in [9.17, 15) is 9.18 Å². The Balaban J connectivity index is 2.07. The minimum absolute atomic E-state index is 0.0331. The Kier molecular flexibility index (Phi) is 3.93. The maximum absolute atomic E-state index is 13.0. The predicted molar refractivity (Wildman–Crippen MR) is 66.9 cm³/mol. The number of carbonyl (C=O) groups is 1. The quantitative estimate of drug-likeness (QED) is 0.852. The van der Waals surface area contributed by atoms with Gasteiger partial charge in [-0.05, 0) is 37.7 Å². The monoisotopic (exact) mass is 252 g/mol. The van der Waals surface area contributed by atoms with Crippen molar-refractivity contribution in [2.75, 3.05) is 25.6 Å². The highest BCUT2D eigenvalue weighted by molar-refractivity contribution is 5.94. The molecule has 98 valence electrons. The van der Waals surface area contributed by atoms with Crippen LogP contribution in [0.2, 0.25) is 0 Å². The number of amides is 1. The van der Waals surface area contributed by atoms with Gasteiger partial charge in [0.05, 0.1) is 19.1 Å². The van der Waals surface area contributed by atoms with E-state index in [4.69, 9.17) is 4.74 Å². The topological polar surface area (TPSA) is 50.4 Å². The zero-order valence-corrected chi connectivity index (χ0v) is 10.5. The van der Waals surface area contributed by atoms with Gasteiger partial charge in [-0.25, -0.2) is 4.39 Å². The van der Waals surface area contributed by atoms with Crippen molar-refractivity contribution in [3.05, 3.63) is 29.6 Å². The molecular weight excluding hydrogens is 235 g/mol. The summed E-state index contributed by atoms with van der Waals surface area (Å²) < 4.78 is 18.2. The fraction of sp³-hybridized carbons (Fsp3) is 0.462. The number of halogens is 1. The van der Waals surface area contributed by atoms with Crippen LogP contribution >= 0.6 is 0 Å². The molecular formula is C13H17FN2O2. The van der Waals surface area contributed by atoms with Crippen LogP contribution in [0.25, 0.3) is 0 Å². The van der Waals surface area contributed by atoms with Crippen molar-refractivity contribution < 1.29 is 13.9 Å². The molecule has 0 radical (unpaired) electrons. The zero-order valence-electron chi connectivity index (χ0n) is 10.5. The van der Waals surface area contributed by atoms with Gasteiger partial charge in [-0.3, -0.25) is 4.79 Å². The molecule has 1 aromatic carbocycles. The van der Waals surface area contributed by atoms with E-state index in [0.29, 0.717) is 24.5 Å². The Hall–Kier alpha value is -1.46. The van der Waals surface area contributed by atoms with Gasteiger partial charge in [0, 0.05) is 11.7 Å². The fourth-order valence-electron chi connectivity index (χ4n) is 2.09. The van der Waals surface area contributed by atoms with Gasteiger partial charge in [0.15, 0.2) is 0 Å². The smallest absolute Gasteiger partial charge is 0.231 e. The van der Waals surface area contributed by atoms with E-state index in [1.807, 2.05) is 7.05 Å². The molecule has 0 bridgehead atoms. The lowest BCUT2D eigenvalue weighted by Gasteiger charge is -2.17. The first-order valence-electron chi connectivity index (χ1n) is 5.94. The molecule has 0 aromatic heterocycles. The molecule has 0 spiro atoms. The highest BCUT2D eigenvalue weighted by Gasteiger charge is 2.33. The first kappa shape index (κ1) is 13.0. The van der Waals surface area contributed by atoms with Gasteiger partial charge in [0.25, 0.3) is 0 Å². The predicted octanol–water partition coefficient (Wildman–Crippen LogP) is 1.31. The Bertz CT molecular complexity index is 451. The number of aryl methyl sites for hydroxylation is 1. The van der Waals surface area contributed by atoms with Crippen molar-refractivity contribution in [1.29, 1.82) is 0 Å². The lowest BCUT2D eigenvalue weighted by atomic mass is 10.0. The normalized spacial score (nSPS) is 23.1. The van der Waals surface area contributed by atoms with Crippen molar-refractivity contribution in [1.82, 2.24) is 5.32 Å². The Morgan fingerprint density at radius 1 is 1.44 bits per heavy atom. The number of ether oxygens (including phenoxy) is 1. The van der Waals surface area contributed by atoms with E-state index in [1.54, 1.807) is 13.0 Å². The highest BCUT2D eigenvalue weighted by atomic mass is 19.1. The fourth-order valence-corrected chi connectivity index (χ4v) is 2.09. The summed E-state index contributed by atoms with van der Waals surface area (Å²) in [6, 6.07) is 4.34. The standard InChI is InChI=1S/C13H17FN2O2/c1-8-5-9(14)3-4-11(8)16-13(17)10-6-18-7-12(10)15-2/h3-5,10,12,15H,6-7H2,1-2H3,(H,16,17). The van der Waals surface area contributed by atoms with Crippen LogP contribution in [0, 0.1) is 18.7 Å². The molecule has 2 atom stereocenters. The number of likely N-dealkylation sites (N-methyl/N-ethyl adjacent to an activating group) is 1. The second kappa shape index (κ2) is 5.46. The second-order valence-electron chi connectivity index (χ2n) is 4.49. The molecule has 0 aliphatic carbocycles. The number of nitrogens with one attached hydrogen (secondary N) is 2. The van der Waals surface area contributed by atoms with Crippen LogP contribution in [0.5, 0.6) is 0 Å². The first-order chi connectivity index (χ1) is 8.61. The molecule has 5 heteroatoms. The highest BCUT2D eigenvalue weighted by Crippen LogP contribution is 2.19. The third-order valence-corrected chi connectivity index (χ3v) is 3.23. The van der Waals surface area contributed by atoms with E-state index >= 15 is 0 Å². The van der Waals surface area contributed by atoms with E-state index in [2.05, 4.69) is 10.6 Å².